The quantitative estimate of drug-likeness (QED) is 0.546. The summed E-state index contributed by atoms with van der Waals surface area (Å²) in [5.74, 6) is -1.45. The number of rotatable bonds is 5. The smallest absolute Gasteiger partial charge is 0.358 e. The van der Waals surface area contributed by atoms with Gasteiger partial charge >= 0.3 is 5.97 Å². The Kier molecular flexibility index (Phi) is 3.95. The number of carbonyl (C=O) groups excluding carboxylic acids is 1. The molecular formula is C8H13N5O3. The van der Waals surface area contributed by atoms with Crippen LogP contribution < -0.4 is 11.1 Å². The van der Waals surface area contributed by atoms with E-state index in [2.05, 4.69) is 15.6 Å². The highest BCUT2D eigenvalue weighted by Crippen LogP contribution is 2.06. The molecule has 1 heterocycles. The van der Waals surface area contributed by atoms with E-state index < -0.39 is 5.97 Å². The first-order chi connectivity index (χ1) is 7.60. The molecule has 0 bridgehead atoms. The van der Waals surface area contributed by atoms with Crippen molar-refractivity contribution in [1.82, 2.24) is 20.3 Å². The number of hydrogen-bond acceptors (Lipinski definition) is 5. The lowest BCUT2D eigenvalue weighted by molar-refractivity contribution is -0.121. The van der Waals surface area contributed by atoms with Crippen LogP contribution in [0.5, 0.6) is 0 Å². The molecular weight excluding hydrogens is 214 g/mol. The number of nitrogens with one attached hydrogen (secondary N) is 1. The highest BCUT2D eigenvalue weighted by molar-refractivity contribution is 5.86. The molecule has 0 aliphatic rings. The number of amides is 1. The second-order valence-corrected chi connectivity index (χ2v) is 3.06. The average Bonchev–Trinajstić information content (AvgIpc) is 2.62. The summed E-state index contributed by atoms with van der Waals surface area (Å²) in [7, 11) is 1.49. The van der Waals surface area contributed by atoms with Crippen LogP contribution in [0.25, 0.3) is 0 Å². The van der Waals surface area contributed by atoms with Crippen molar-refractivity contribution < 1.29 is 14.7 Å². The molecule has 4 N–H and O–H groups in total. The van der Waals surface area contributed by atoms with E-state index in [1.165, 1.54) is 11.7 Å². The molecule has 0 aliphatic heterocycles. The molecule has 0 atom stereocenters. The van der Waals surface area contributed by atoms with Gasteiger partial charge < -0.3 is 16.2 Å². The zero-order chi connectivity index (χ0) is 12.1. The van der Waals surface area contributed by atoms with Crippen molar-refractivity contribution >= 4 is 11.9 Å². The van der Waals surface area contributed by atoms with E-state index in [1.807, 2.05) is 0 Å². The van der Waals surface area contributed by atoms with Gasteiger partial charge in [-0.1, -0.05) is 5.21 Å². The van der Waals surface area contributed by atoms with Gasteiger partial charge in [0, 0.05) is 13.5 Å². The number of carboxylic acid groups (broad SMARTS) is 1. The molecule has 0 spiro atoms. The molecule has 0 aromatic carbocycles. The summed E-state index contributed by atoms with van der Waals surface area (Å²) < 4.78 is 1.25. The van der Waals surface area contributed by atoms with E-state index in [9.17, 15) is 9.59 Å². The SMILES string of the molecule is CNC(=O)Cn1nnc(C(=O)O)c1CCN. The van der Waals surface area contributed by atoms with E-state index >= 15 is 0 Å². The molecule has 1 amide bonds. The molecule has 0 saturated carbocycles. The van der Waals surface area contributed by atoms with Gasteiger partial charge in [-0.3, -0.25) is 4.79 Å². The summed E-state index contributed by atoms with van der Waals surface area (Å²) in [4.78, 5) is 21.9. The fraction of sp³-hybridized carbons (Fsp3) is 0.500. The number of nitrogens with zero attached hydrogens (tertiary/aromatic N) is 3. The molecule has 16 heavy (non-hydrogen) atoms. The van der Waals surface area contributed by atoms with Crippen molar-refractivity contribution in [2.24, 2.45) is 5.73 Å². The van der Waals surface area contributed by atoms with Crippen molar-refractivity contribution in [1.29, 1.82) is 0 Å². The normalized spacial score (nSPS) is 10.1. The third-order valence-corrected chi connectivity index (χ3v) is 1.99. The molecule has 1 rings (SSSR count). The van der Waals surface area contributed by atoms with Crippen LogP contribution >= 0.6 is 0 Å². The topological polar surface area (TPSA) is 123 Å². The van der Waals surface area contributed by atoms with Gasteiger partial charge in [0.15, 0.2) is 5.69 Å². The van der Waals surface area contributed by atoms with Gasteiger partial charge in [0.1, 0.15) is 6.54 Å². The van der Waals surface area contributed by atoms with Crippen molar-refractivity contribution in [2.75, 3.05) is 13.6 Å². The Morgan fingerprint density at radius 2 is 2.25 bits per heavy atom. The largest absolute Gasteiger partial charge is 0.476 e. The number of aromatic nitrogens is 3. The third kappa shape index (κ3) is 2.54. The highest BCUT2D eigenvalue weighted by atomic mass is 16.4. The van der Waals surface area contributed by atoms with Gasteiger partial charge in [-0.2, -0.15) is 0 Å². The number of carboxylic acids is 1. The molecule has 8 heteroatoms. The van der Waals surface area contributed by atoms with Crippen LogP contribution in [-0.2, 0) is 17.8 Å². The summed E-state index contributed by atoms with van der Waals surface area (Å²) in [6.45, 7) is 0.202. The Balaban J connectivity index is 2.99. The summed E-state index contributed by atoms with van der Waals surface area (Å²) in [6, 6.07) is 0. The maximum atomic E-state index is 11.1. The van der Waals surface area contributed by atoms with Crippen LogP contribution in [0, 0.1) is 0 Å². The van der Waals surface area contributed by atoms with Crippen molar-refractivity contribution in [2.45, 2.75) is 13.0 Å². The van der Waals surface area contributed by atoms with E-state index in [4.69, 9.17) is 10.8 Å². The average molecular weight is 227 g/mol. The molecule has 0 radical (unpaired) electrons. The first-order valence-corrected chi connectivity index (χ1v) is 4.66. The maximum absolute atomic E-state index is 11.1. The Hall–Kier alpha value is -1.96. The zero-order valence-electron chi connectivity index (χ0n) is 8.80. The van der Waals surface area contributed by atoms with Crippen LogP contribution in [0.3, 0.4) is 0 Å². The monoisotopic (exact) mass is 227 g/mol. The van der Waals surface area contributed by atoms with Crippen LogP contribution in [0.4, 0.5) is 0 Å². The molecule has 1 aromatic heterocycles. The maximum Gasteiger partial charge on any atom is 0.358 e. The van der Waals surface area contributed by atoms with Crippen LogP contribution in [0.15, 0.2) is 0 Å². The number of likely N-dealkylation sites (N-methyl/N-ethyl adjacent to an activating group) is 1. The predicted molar refractivity (Wildman–Crippen MR) is 53.8 cm³/mol. The Labute approximate surface area is 91.4 Å². The number of nitrogens with two attached hydrogens (primary N) is 1. The van der Waals surface area contributed by atoms with Gasteiger partial charge in [0.2, 0.25) is 5.91 Å². The highest BCUT2D eigenvalue weighted by Gasteiger charge is 2.19. The van der Waals surface area contributed by atoms with Crippen LogP contribution in [0.2, 0.25) is 0 Å². The van der Waals surface area contributed by atoms with Crippen LogP contribution in [-0.4, -0.2) is 45.6 Å². The number of aromatic carboxylic acids is 1. The van der Waals surface area contributed by atoms with E-state index in [1.54, 1.807) is 0 Å². The predicted octanol–water partition coefficient (Wildman–Crippen LogP) is -1.78. The van der Waals surface area contributed by atoms with Crippen molar-refractivity contribution in [3.8, 4) is 0 Å². The first kappa shape index (κ1) is 12.1. The second kappa shape index (κ2) is 5.21. The van der Waals surface area contributed by atoms with Gasteiger partial charge in [0.25, 0.3) is 0 Å². The van der Waals surface area contributed by atoms with Crippen LogP contribution in [0.1, 0.15) is 16.2 Å². The Morgan fingerprint density at radius 3 is 2.75 bits per heavy atom. The summed E-state index contributed by atoms with van der Waals surface area (Å²) in [6.07, 6.45) is 0.311. The van der Waals surface area contributed by atoms with Gasteiger partial charge in [-0.25, -0.2) is 9.48 Å². The minimum absolute atomic E-state index is 0.0634. The zero-order valence-corrected chi connectivity index (χ0v) is 8.80. The number of hydrogen-bond donors (Lipinski definition) is 3. The molecule has 88 valence electrons. The minimum Gasteiger partial charge on any atom is -0.476 e. The molecule has 1 aromatic rings. The minimum atomic E-state index is -1.17. The lowest BCUT2D eigenvalue weighted by atomic mass is 10.2. The lowest BCUT2D eigenvalue weighted by Gasteiger charge is -2.04. The standard InChI is InChI=1S/C8H13N5O3/c1-10-6(14)4-13-5(2-3-9)7(8(15)16)11-12-13/h2-4,9H2,1H3,(H,10,14)(H,15,16). The lowest BCUT2D eigenvalue weighted by Crippen LogP contribution is -2.26. The Bertz CT molecular complexity index is 400. The van der Waals surface area contributed by atoms with Crippen molar-refractivity contribution in [3.05, 3.63) is 11.4 Å². The second-order valence-electron chi connectivity index (χ2n) is 3.06. The van der Waals surface area contributed by atoms with Crippen molar-refractivity contribution in [3.63, 3.8) is 0 Å². The van der Waals surface area contributed by atoms with Gasteiger partial charge in [0.05, 0.1) is 5.69 Å². The Morgan fingerprint density at radius 1 is 1.56 bits per heavy atom. The fourth-order valence-corrected chi connectivity index (χ4v) is 1.23. The summed E-state index contributed by atoms with van der Waals surface area (Å²) in [5, 5.41) is 18.4. The van der Waals surface area contributed by atoms with Gasteiger partial charge in [-0.15, -0.1) is 5.10 Å². The third-order valence-electron chi connectivity index (χ3n) is 1.99. The fourth-order valence-electron chi connectivity index (χ4n) is 1.23. The first-order valence-electron chi connectivity index (χ1n) is 4.66. The molecule has 0 aliphatic carbocycles. The molecule has 8 nitrogen and oxygen atoms in total. The number of carbonyl (C=O) groups is 2. The summed E-state index contributed by atoms with van der Waals surface area (Å²) in [5.41, 5.74) is 5.56. The molecule has 0 unspecified atom stereocenters. The molecule has 0 saturated heterocycles. The molecule has 0 fully saturated rings. The van der Waals surface area contributed by atoms with E-state index in [-0.39, 0.29) is 24.7 Å². The van der Waals surface area contributed by atoms with E-state index in [0.29, 0.717) is 12.1 Å². The summed E-state index contributed by atoms with van der Waals surface area (Å²) >= 11 is 0. The van der Waals surface area contributed by atoms with E-state index in [0.717, 1.165) is 0 Å². The van der Waals surface area contributed by atoms with Gasteiger partial charge in [-0.05, 0) is 6.54 Å².